The fourth-order valence-corrected chi connectivity index (χ4v) is 7.86. The van der Waals surface area contributed by atoms with Crippen molar-refractivity contribution >= 4 is 34.7 Å². The molecule has 4 aromatic rings. The van der Waals surface area contributed by atoms with Crippen LogP contribution in [0.2, 0.25) is 0 Å². The van der Waals surface area contributed by atoms with Crippen LogP contribution >= 0.6 is 0 Å². The second-order valence-corrected chi connectivity index (χ2v) is 14.5. The number of nitrogens with one attached hydrogen (secondary N) is 3. The maximum absolute atomic E-state index is 14.7. The van der Waals surface area contributed by atoms with Gasteiger partial charge in [0.1, 0.15) is 0 Å². The SMILES string of the molecule is CNc1cc(N2CCc3c(-c4ccc([C@@H](C)N5CC6(CCNCC6(F)F)C5)cn4)cccc32)nn2c(C(=O)N[C@@H]3CC[C@H]3OC)cnc12.O=C(O)C(F)(F)F. The van der Waals surface area contributed by atoms with Crippen LogP contribution < -0.4 is 20.9 Å². The molecule has 1 spiro atoms. The topological polar surface area (TPSA) is 149 Å². The highest BCUT2D eigenvalue weighted by Crippen LogP contribution is 2.50. The van der Waals surface area contributed by atoms with Crippen LogP contribution in [0.25, 0.3) is 16.9 Å². The molecule has 1 saturated carbocycles. The number of ether oxygens (including phenoxy) is 1. The number of benzene rings is 1. The molecule has 0 unspecified atom stereocenters. The molecular formula is C37H42F5N9O4. The number of halogens is 5. The van der Waals surface area contributed by atoms with Crippen molar-refractivity contribution in [2.45, 2.75) is 62.9 Å². The van der Waals surface area contributed by atoms with E-state index in [1.165, 1.54) is 5.56 Å². The van der Waals surface area contributed by atoms with Gasteiger partial charge in [-0.15, -0.1) is 5.10 Å². The van der Waals surface area contributed by atoms with Gasteiger partial charge in [0.25, 0.3) is 11.8 Å². The molecule has 4 aliphatic rings. The second kappa shape index (κ2) is 14.6. The van der Waals surface area contributed by atoms with E-state index < -0.39 is 23.5 Å². The fourth-order valence-electron chi connectivity index (χ4n) is 7.86. The van der Waals surface area contributed by atoms with Crippen LogP contribution in [-0.4, -0.2) is 113 Å². The number of hydrogen-bond donors (Lipinski definition) is 4. The fraction of sp³-hybridized carbons (Fsp3) is 0.486. The molecule has 2 saturated heterocycles. The quantitative estimate of drug-likeness (QED) is 0.178. The van der Waals surface area contributed by atoms with Gasteiger partial charge in [-0.1, -0.05) is 18.2 Å². The molecule has 3 atom stereocenters. The van der Waals surface area contributed by atoms with Gasteiger partial charge in [0.15, 0.2) is 17.2 Å². The third-order valence-corrected chi connectivity index (χ3v) is 11.3. The first kappa shape index (κ1) is 38.3. The van der Waals surface area contributed by atoms with Crippen molar-refractivity contribution in [3.8, 4) is 11.3 Å². The smallest absolute Gasteiger partial charge is 0.475 e. The van der Waals surface area contributed by atoms with Crippen molar-refractivity contribution in [1.82, 2.24) is 35.1 Å². The summed E-state index contributed by atoms with van der Waals surface area (Å²) < 4.78 is 68.2. The van der Waals surface area contributed by atoms with Crippen molar-refractivity contribution in [1.29, 1.82) is 0 Å². The number of amides is 1. The van der Waals surface area contributed by atoms with Gasteiger partial charge in [0.05, 0.1) is 41.7 Å². The molecule has 3 aliphatic heterocycles. The summed E-state index contributed by atoms with van der Waals surface area (Å²) in [4.78, 5) is 35.9. The Kier molecular flexibility index (Phi) is 10.2. The zero-order chi connectivity index (χ0) is 39.3. The Morgan fingerprint density at radius 2 is 1.87 bits per heavy atom. The number of likely N-dealkylation sites (tertiary alicyclic amines) is 1. The number of hydrogen-bond acceptors (Lipinski definition) is 10. The Labute approximate surface area is 313 Å². The van der Waals surface area contributed by atoms with Crippen molar-refractivity contribution in [3.05, 3.63) is 65.6 Å². The normalized spacial score (nSPS) is 21.9. The van der Waals surface area contributed by atoms with Crippen LogP contribution in [0.4, 0.5) is 39.1 Å². The molecule has 55 heavy (non-hydrogen) atoms. The zero-order valence-electron chi connectivity index (χ0n) is 30.5. The minimum Gasteiger partial charge on any atom is -0.475 e. The highest BCUT2D eigenvalue weighted by molar-refractivity contribution is 5.94. The van der Waals surface area contributed by atoms with Gasteiger partial charge in [-0.3, -0.25) is 14.7 Å². The van der Waals surface area contributed by atoms with E-state index in [1.807, 2.05) is 31.4 Å². The molecule has 1 aliphatic carbocycles. The second-order valence-electron chi connectivity index (χ2n) is 14.5. The molecule has 18 heteroatoms. The molecule has 8 rings (SSSR count). The van der Waals surface area contributed by atoms with E-state index in [1.54, 1.807) is 17.8 Å². The summed E-state index contributed by atoms with van der Waals surface area (Å²) in [6, 6.07) is 12.3. The predicted molar refractivity (Wildman–Crippen MR) is 193 cm³/mol. The lowest BCUT2D eigenvalue weighted by Gasteiger charge is -2.57. The van der Waals surface area contributed by atoms with Crippen molar-refractivity contribution in [2.75, 3.05) is 57.1 Å². The van der Waals surface area contributed by atoms with E-state index >= 15 is 0 Å². The third kappa shape index (κ3) is 7.06. The van der Waals surface area contributed by atoms with Crippen molar-refractivity contribution < 1.29 is 41.4 Å². The van der Waals surface area contributed by atoms with Crippen LogP contribution in [0.5, 0.6) is 0 Å². The highest BCUT2D eigenvalue weighted by Gasteiger charge is 2.61. The van der Waals surface area contributed by atoms with E-state index in [0.717, 1.165) is 47.5 Å². The number of carbonyl (C=O) groups excluding carboxylic acids is 1. The number of carboxylic acids is 1. The largest absolute Gasteiger partial charge is 0.490 e. The number of aliphatic carboxylic acids is 1. The summed E-state index contributed by atoms with van der Waals surface area (Å²) in [6.07, 6.45) is 1.51. The first-order valence-electron chi connectivity index (χ1n) is 18.0. The Morgan fingerprint density at radius 1 is 1.11 bits per heavy atom. The van der Waals surface area contributed by atoms with Crippen molar-refractivity contribution in [2.24, 2.45) is 5.41 Å². The van der Waals surface area contributed by atoms with Crippen LogP contribution in [0.3, 0.4) is 0 Å². The minimum absolute atomic E-state index is 0.00692. The number of imidazole rings is 1. The Morgan fingerprint density at radius 3 is 2.49 bits per heavy atom. The van der Waals surface area contributed by atoms with Gasteiger partial charge in [-0.2, -0.15) is 13.2 Å². The van der Waals surface area contributed by atoms with Gasteiger partial charge in [-0.05, 0) is 62.4 Å². The first-order chi connectivity index (χ1) is 26.2. The number of carbonyl (C=O) groups is 2. The standard InChI is InChI=1S/C35H41F2N9O2.C2HF3O2/c1-21(44-19-34(20-44)12-13-39-18-35(34,36)37)22-7-8-25(40-16-22)23-5-4-6-28-24(23)11-14-45(28)31-15-27(38-2)32-41-17-29(46(32)43-31)33(47)42-26-9-10-30(26)48-3;3-2(4,5)1(6)7/h4-8,15-17,21,26,30,38-39H,9-14,18-20H2,1-3H3,(H,42,47);(H,6,7)/t21-,26-,30-;/m1./s1. The number of anilines is 3. The molecular weight excluding hydrogens is 729 g/mol. The van der Waals surface area contributed by atoms with Crippen LogP contribution in [-0.2, 0) is 16.0 Å². The third-order valence-electron chi connectivity index (χ3n) is 11.3. The monoisotopic (exact) mass is 771 g/mol. The summed E-state index contributed by atoms with van der Waals surface area (Å²) in [5.74, 6) is -4.96. The lowest BCUT2D eigenvalue weighted by Crippen LogP contribution is -2.69. The number of rotatable bonds is 8. The van der Waals surface area contributed by atoms with E-state index in [4.69, 9.17) is 24.7 Å². The number of piperidine rings is 1. The van der Waals surface area contributed by atoms with E-state index in [0.29, 0.717) is 49.8 Å². The van der Waals surface area contributed by atoms with Crippen molar-refractivity contribution in [3.63, 3.8) is 0 Å². The van der Waals surface area contributed by atoms with Crippen LogP contribution in [0, 0.1) is 5.41 Å². The number of methoxy groups -OCH3 is 1. The molecule has 0 radical (unpaired) electrons. The lowest BCUT2D eigenvalue weighted by atomic mass is 9.69. The molecule has 13 nitrogen and oxygen atoms in total. The van der Waals surface area contributed by atoms with Gasteiger partial charge in [0.2, 0.25) is 0 Å². The molecule has 1 aromatic carbocycles. The van der Waals surface area contributed by atoms with Gasteiger partial charge in [0, 0.05) is 63.3 Å². The molecule has 4 N–H and O–H groups in total. The summed E-state index contributed by atoms with van der Waals surface area (Å²) in [5, 5.41) is 21.2. The highest BCUT2D eigenvalue weighted by atomic mass is 19.4. The Balaban J connectivity index is 0.000000609. The summed E-state index contributed by atoms with van der Waals surface area (Å²) >= 11 is 0. The Bertz CT molecular complexity index is 2070. The van der Waals surface area contributed by atoms with Crippen LogP contribution in [0.1, 0.15) is 53.8 Å². The van der Waals surface area contributed by atoms with E-state index in [9.17, 15) is 26.7 Å². The molecule has 0 bridgehead atoms. The number of carboxylic acid groups (broad SMARTS) is 1. The minimum atomic E-state index is -5.08. The summed E-state index contributed by atoms with van der Waals surface area (Å²) in [5.41, 5.74) is 5.96. The zero-order valence-corrected chi connectivity index (χ0v) is 30.5. The molecule has 294 valence electrons. The van der Waals surface area contributed by atoms with E-state index in [-0.39, 0.29) is 30.6 Å². The Hall–Kier alpha value is -4.94. The molecule has 6 heterocycles. The maximum Gasteiger partial charge on any atom is 0.490 e. The average molecular weight is 772 g/mol. The molecule has 1 amide bonds. The molecule has 3 aromatic heterocycles. The number of fused-ring (bicyclic) bond motifs is 2. The maximum atomic E-state index is 14.7. The van der Waals surface area contributed by atoms with E-state index in [2.05, 4.69) is 55.9 Å². The first-order valence-corrected chi connectivity index (χ1v) is 18.0. The summed E-state index contributed by atoms with van der Waals surface area (Å²) in [6.45, 7) is 4.01. The number of nitrogens with zero attached hydrogens (tertiary/aromatic N) is 6. The number of pyridine rings is 1. The molecule has 3 fully saturated rings. The van der Waals surface area contributed by atoms with Gasteiger partial charge >= 0.3 is 12.1 Å². The van der Waals surface area contributed by atoms with Gasteiger partial charge in [-0.25, -0.2) is 23.1 Å². The predicted octanol–water partition coefficient (Wildman–Crippen LogP) is 5.06. The summed E-state index contributed by atoms with van der Waals surface area (Å²) in [7, 11) is 3.50. The average Bonchev–Trinajstić information content (AvgIpc) is 3.77. The number of alkyl halides is 5. The lowest BCUT2D eigenvalue weighted by molar-refractivity contribution is -0.210. The van der Waals surface area contributed by atoms with Gasteiger partial charge < -0.3 is 30.7 Å². The van der Waals surface area contributed by atoms with Crippen LogP contribution in [0.15, 0.2) is 48.8 Å². The number of aromatic nitrogens is 4.